The van der Waals surface area contributed by atoms with Crippen molar-refractivity contribution in [2.75, 3.05) is 5.88 Å². The molecule has 1 aromatic carbocycles. The Hall–Kier alpha value is -1.35. The fourth-order valence-electron chi connectivity index (χ4n) is 1.24. The van der Waals surface area contributed by atoms with E-state index in [1.54, 1.807) is 19.1 Å². The van der Waals surface area contributed by atoms with Crippen LogP contribution in [0.5, 0.6) is 0 Å². The van der Waals surface area contributed by atoms with E-state index in [1.807, 2.05) is 19.1 Å². The van der Waals surface area contributed by atoms with Gasteiger partial charge in [-0.25, -0.2) is 0 Å². The molecular formula is C11H12ClNO2. The van der Waals surface area contributed by atoms with Gasteiger partial charge in [0.25, 0.3) is 5.69 Å². The van der Waals surface area contributed by atoms with E-state index >= 15 is 0 Å². The zero-order valence-corrected chi connectivity index (χ0v) is 9.41. The van der Waals surface area contributed by atoms with Crippen LogP contribution in [-0.4, -0.2) is 10.8 Å². The first-order chi connectivity index (χ1) is 7.04. The lowest BCUT2D eigenvalue weighted by Crippen LogP contribution is -1.92. The van der Waals surface area contributed by atoms with Crippen LogP contribution in [0.3, 0.4) is 0 Å². The summed E-state index contributed by atoms with van der Waals surface area (Å²) in [5.74, 6) is 0.432. The van der Waals surface area contributed by atoms with Crippen molar-refractivity contribution >= 4 is 23.4 Å². The van der Waals surface area contributed by atoms with E-state index in [-0.39, 0.29) is 10.6 Å². The molecule has 0 heterocycles. The van der Waals surface area contributed by atoms with Crippen LogP contribution >= 0.6 is 11.6 Å². The van der Waals surface area contributed by atoms with Gasteiger partial charge in [0.15, 0.2) is 0 Å². The molecule has 3 nitrogen and oxygen atoms in total. The quantitative estimate of drug-likeness (QED) is 0.449. The molecule has 0 spiro atoms. The third-order valence-corrected chi connectivity index (χ3v) is 2.48. The highest BCUT2D eigenvalue weighted by Crippen LogP contribution is 2.20. The largest absolute Gasteiger partial charge is 0.272 e. The number of allylic oxidation sites excluding steroid dienone is 1. The zero-order valence-electron chi connectivity index (χ0n) is 8.66. The van der Waals surface area contributed by atoms with Crippen molar-refractivity contribution in [3.05, 3.63) is 45.0 Å². The van der Waals surface area contributed by atoms with E-state index in [0.717, 1.165) is 11.1 Å². The SMILES string of the molecule is CC(=Cc1ccc(C)c([N+](=O)[O-])c1)CCl. The van der Waals surface area contributed by atoms with Crippen molar-refractivity contribution < 1.29 is 4.92 Å². The molecule has 0 N–H and O–H groups in total. The van der Waals surface area contributed by atoms with Crippen LogP contribution in [-0.2, 0) is 0 Å². The molecule has 0 saturated heterocycles. The smallest absolute Gasteiger partial charge is 0.258 e. The van der Waals surface area contributed by atoms with Crippen LogP contribution in [0.1, 0.15) is 18.1 Å². The summed E-state index contributed by atoms with van der Waals surface area (Å²) in [6, 6.07) is 5.15. The Labute approximate surface area is 93.5 Å². The van der Waals surface area contributed by atoms with Gasteiger partial charge in [-0.1, -0.05) is 23.8 Å². The van der Waals surface area contributed by atoms with Crippen molar-refractivity contribution in [1.82, 2.24) is 0 Å². The third kappa shape index (κ3) is 3.06. The number of rotatable bonds is 3. The Morgan fingerprint density at radius 3 is 2.80 bits per heavy atom. The lowest BCUT2D eigenvalue weighted by molar-refractivity contribution is -0.385. The summed E-state index contributed by atoms with van der Waals surface area (Å²) in [4.78, 5) is 10.3. The number of benzene rings is 1. The van der Waals surface area contributed by atoms with E-state index in [9.17, 15) is 10.1 Å². The highest BCUT2D eigenvalue weighted by molar-refractivity contribution is 6.19. The molecule has 1 aromatic rings. The van der Waals surface area contributed by atoms with Crippen molar-refractivity contribution in [2.24, 2.45) is 0 Å². The number of aryl methyl sites for hydroxylation is 1. The Morgan fingerprint density at radius 2 is 2.27 bits per heavy atom. The molecule has 0 aromatic heterocycles. The Balaban J connectivity index is 3.13. The number of halogens is 1. The molecule has 0 bridgehead atoms. The summed E-state index contributed by atoms with van der Waals surface area (Å²) in [5, 5.41) is 10.7. The van der Waals surface area contributed by atoms with Gasteiger partial charge in [0.1, 0.15) is 0 Å². The summed E-state index contributed by atoms with van der Waals surface area (Å²) < 4.78 is 0. The monoisotopic (exact) mass is 225 g/mol. The molecule has 1 rings (SSSR count). The normalized spacial score (nSPS) is 11.5. The first-order valence-electron chi connectivity index (χ1n) is 4.52. The summed E-state index contributed by atoms with van der Waals surface area (Å²) in [6.45, 7) is 3.61. The Kier molecular flexibility index (Phi) is 3.86. The molecule has 0 saturated carbocycles. The maximum Gasteiger partial charge on any atom is 0.272 e. The van der Waals surface area contributed by atoms with Crippen LogP contribution in [0.2, 0.25) is 0 Å². The van der Waals surface area contributed by atoms with E-state index < -0.39 is 0 Å². The average Bonchev–Trinajstić information content (AvgIpc) is 2.20. The molecule has 0 amide bonds. The molecule has 0 aliphatic carbocycles. The van der Waals surface area contributed by atoms with Crippen LogP contribution < -0.4 is 0 Å². The molecule has 4 heteroatoms. The van der Waals surface area contributed by atoms with E-state index in [2.05, 4.69) is 0 Å². The second kappa shape index (κ2) is 4.94. The standard InChI is InChI=1S/C11H12ClNO2/c1-8(7-12)5-10-4-3-9(2)11(6-10)13(14)15/h3-6H,7H2,1-2H3. The van der Waals surface area contributed by atoms with Crippen LogP contribution in [0.25, 0.3) is 6.08 Å². The molecule has 0 unspecified atom stereocenters. The van der Waals surface area contributed by atoms with Gasteiger partial charge in [0.2, 0.25) is 0 Å². The van der Waals surface area contributed by atoms with Crippen LogP contribution in [0.4, 0.5) is 5.69 Å². The second-order valence-electron chi connectivity index (χ2n) is 3.43. The summed E-state index contributed by atoms with van der Waals surface area (Å²) in [6.07, 6.45) is 1.85. The molecule has 15 heavy (non-hydrogen) atoms. The van der Waals surface area contributed by atoms with Crippen molar-refractivity contribution in [3.8, 4) is 0 Å². The highest BCUT2D eigenvalue weighted by atomic mass is 35.5. The fraction of sp³-hybridized carbons (Fsp3) is 0.273. The van der Waals surface area contributed by atoms with Gasteiger partial charge in [-0.15, -0.1) is 11.6 Å². The van der Waals surface area contributed by atoms with Crippen LogP contribution in [0, 0.1) is 17.0 Å². The lowest BCUT2D eigenvalue weighted by atomic mass is 10.1. The van der Waals surface area contributed by atoms with E-state index in [1.165, 1.54) is 0 Å². The number of hydrogen-bond donors (Lipinski definition) is 0. The van der Waals surface area contributed by atoms with Crippen LogP contribution in [0.15, 0.2) is 23.8 Å². The molecule has 0 fully saturated rings. The maximum atomic E-state index is 10.7. The molecule has 0 aliphatic heterocycles. The van der Waals surface area contributed by atoms with Gasteiger partial charge in [-0.05, 0) is 19.4 Å². The van der Waals surface area contributed by atoms with Gasteiger partial charge in [0.05, 0.1) is 4.92 Å². The summed E-state index contributed by atoms with van der Waals surface area (Å²) in [7, 11) is 0. The predicted molar refractivity (Wildman–Crippen MR) is 62.2 cm³/mol. The van der Waals surface area contributed by atoms with Crippen molar-refractivity contribution in [2.45, 2.75) is 13.8 Å². The van der Waals surface area contributed by atoms with Crippen molar-refractivity contribution in [1.29, 1.82) is 0 Å². The number of hydrogen-bond acceptors (Lipinski definition) is 2. The molecule has 80 valence electrons. The van der Waals surface area contributed by atoms with E-state index in [0.29, 0.717) is 11.4 Å². The van der Waals surface area contributed by atoms with Gasteiger partial charge in [-0.2, -0.15) is 0 Å². The lowest BCUT2D eigenvalue weighted by Gasteiger charge is -2.00. The predicted octanol–water partition coefficient (Wildman–Crippen LogP) is 3.55. The molecule has 0 aliphatic rings. The maximum absolute atomic E-state index is 10.7. The minimum atomic E-state index is -0.372. The fourth-order valence-corrected chi connectivity index (χ4v) is 1.31. The minimum absolute atomic E-state index is 0.145. The Morgan fingerprint density at radius 1 is 1.60 bits per heavy atom. The van der Waals surface area contributed by atoms with Gasteiger partial charge >= 0.3 is 0 Å². The summed E-state index contributed by atoms with van der Waals surface area (Å²) >= 11 is 5.63. The summed E-state index contributed by atoms with van der Waals surface area (Å²) in [5.41, 5.74) is 2.60. The minimum Gasteiger partial charge on any atom is -0.258 e. The first kappa shape index (κ1) is 11.7. The van der Waals surface area contributed by atoms with Crippen molar-refractivity contribution in [3.63, 3.8) is 0 Å². The zero-order chi connectivity index (χ0) is 11.4. The van der Waals surface area contributed by atoms with Gasteiger partial charge in [-0.3, -0.25) is 10.1 Å². The van der Waals surface area contributed by atoms with Gasteiger partial charge in [0, 0.05) is 17.5 Å². The average molecular weight is 226 g/mol. The Bertz CT molecular complexity index is 413. The van der Waals surface area contributed by atoms with E-state index in [4.69, 9.17) is 11.6 Å². The second-order valence-corrected chi connectivity index (χ2v) is 3.69. The highest BCUT2D eigenvalue weighted by Gasteiger charge is 2.09. The first-order valence-corrected chi connectivity index (χ1v) is 5.06. The number of nitro benzene ring substituents is 1. The molecule has 0 atom stereocenters. The number of nitrogens with zero attached hydrogens (tertiary/aromatic N) is 1. The topological polar surface area (TPSA) is 43.1 Å². The number of nitro groups is 1. The number of alkyl halides is 1. The van der Waals surface area contributed by atoms with Gasteiger partial charge < -0.3 is 0 Å². The molecule has 0 radical (unpaired) electrons. The third-order valence-electron chi connectivity index (χ3n) is 2.05. The molecular weight excluding hydrogens is 214 g/mol.